The first-order valence-electron chi connectivity index (χ1n) is 10.5. The fourth-order valence-electron chi connectivity index (χ4n) is 3.96. The molecular formula is C23H27ClN4O2. The number of hydrogen-bond acceptors (Lipinski definition) is 4. The normalized spacial score (nSPS) is 17.0. The van der Waals surface area contributed by atoms with Gasteiger partial charge in [-0.1, -0.05) is 37.6 Å². The molecule has 0 N–H and O–H groups in total. The third-order valence-electron chi connectivity index (χ3n) is 5.60. The van der Waals surface area contributed by atoms with Gasteiger partial charge in [-0.3, -0.25) is 9.48 Å². The molecule has 0 radical (unpaired) electrons. The number of hydrogen-bond donors (Lipinski definition) is 0. The minimum absolute atomic E-state index is 0.0174. The lowest BCUT2D eigenvalue weighted by atomic mass is 10.0. The molecule has 6 nitrogen and oxygen atoms in total. The number of nitrogens with zero attached hydrogens (tertiary/aromatic N) is 4. The third kappa shape index (κ3) is 4.29. The Morgan fingerprint density at radius 1 is 1.30 bits per heavy atom. The van der Waals surface area contributed by atoms with E-state index in [9.17, 15) is 4.79 Å². The second kappa shape index (κ2) is 8.64. The first-order valence-corrected chi connectivity index (χ1v) is 10.8. The lowest BCUT2D eigenvalue weighted by Gasteiger charge is -2.33. The van der Waals surface area contributed by atoms with Gasteiger partial charge in [0.2, 0.25) is 5.89 Å². The van der Waals surface area contributed by atoms with E-state index in [1.165, 1.54) is 0 Å². The number of likely N-dealkylation sites (tertiary alicyclic amines) is 1. The SMILES string of the molecule is CC(C)c1cc(C(=O)N2CCCC[C@@H]2c2ncc(Cc3cccc(Cl)c3)o2)n(C)n1. The Bertz CT molecular complexity index is 1040. The van der Waals surface area contributed by atoms with E-state index >= 15 is 0 Å². The molecule has 0 bridgehead atoms. The average molecular weight is 427 g/mol. The Kier molecular flexibility index (Phi) is 5.95. The summed E-state index contributed by atoms with van der Waals surface area (Å²) in [6, 6.07) is 9.46. The molecule has 1 aliphatic rings. The molecule has 1 aliphatic heterocycles. The molecule has 3 aromatic rings. The molecule has 1 fully saturated rings. The Balaban J connectivity index is 1.55. The van der Waals surface area contributed by atoms with Crippen molar-refractivity contribution in [3.63, 3.8) is 0 Å². The van der Waals surface area contributed by atoms with Crippen molar-refractivity contribution in [1.82, 2.24) is 19.7 Å². The van der Waals surface area contributed by atoms with Crippen LogP contribution in [0, 0.1) is 0 Å². The summed E-state index contributed by atoms with van der Waals surface area (Å²) < 4.78 is 7.77. The molecule has 1 atom stereocenters. The molecule has 3 heterocycles. The molecule has 1 saturated heterocycles. The number of carbonyl (C=O) groups is 1. The van der Waals surface area contributed by atoms with Gasteiger partial charge in [0.05, 0.1) is 11.9 Å². The summed E-state index contributed by atoms with van der Waals surface area (Å²) in [7, 11) is 1.83. The van der Waals surface area contributed by atoms with Crippen LogP contribution in [-0.4, -0.2) is 32.1 Å². The van der Waals surface area contributed by atoms with E-state index in [0.29, 0.717) is 29.6 Å². The average Bonchev–Trinajstić information content (AvgIpc) is 3.34. The summed E-state index contributed by atoms with van der Waals surface area (Å²) in [5.41, 5.74) is 2.60. The van der Waals surface area contributed by atoms with E-state index in [4.69, 9.17) is 16.0 Å². The number of carbonyl (C=O) groups excluding carboxylic acids is 1. The van der Waals surface area contributed by atoms with Crippen molar-refractivity contribution in [2.75, 3.05) is 6.54 Å². The van der Waals surface area contributed by atoms with E-state index in [1.807, 2.05) is 42.3 Å². The first kappa shape index (κ1) is 20.7. The summed E-state index contributed by atoms with van der Waals surface area (Å²) in [5.74, 6) is 1.63. The maximum atomic E-state index is 13.4. The van der Waals surface area contributed by atoms with Crippen LogP contribution in [0.1, 0.15) is 78.5 Å². The van der Waals surface area contributed by atoms with Crippen LogP contribution >= 0.6 is 11.6 Å². The third-order valence-corrected chi connectivity index (χ3v) is 5.83. The maximum absolute atomic E-state index is 13.4. The van der Waals surface area contributed by atoms with Gasteiger partial charge in [0.25, 0.3) is 5.91 Å². The fourth-order valence-corrected chi connectivity index (χ4v) is 4.17. The van der Waals surface area contributed by atoms with Crippen molar-refractivity contribution in [2.24, 2.45) is 7.05 Å². The van der Waals surface area contributed by atoms with E-state index in [2.05, 4.69) is 23.9 Å². The summed E-state index contributed by atoms with van der Waals surface area (Å²) in [5, 5.41) is 5.20. The summed E-state index contributed by atoms with van der Waals surface area (Å²) in [4.78, 5) is 19.8. The minimum Gasteiger partial charge on any atom is -0.443 e. The molecular weight excluding hydrogens is 400 g/mol. The van der Waals surface area contributed by atoms with E-state index in [-0.39, 0.29) is 17.9 Å². The Labute approximate surface area is 181 Å². The molecule has 0 aliphatic carbocycles. The van der Waals surface area contributed by atoms with Gasteiger partial charge in [0, 0.05) is 25.0 Å². The number of halogens is 1. The predicted octanol–water partition coefficient (Wildman–Crippen LogP) is 5.14. The highest BCUT2D eigenvalue weighted by Gasteiger charge is 2.33. The van der Waals surface area contributed by atoms with Crippen LogP contribution in [-0.2, 0) is 13.5 Å². The highest BCUT2D eigenvalue weighted by molar-refractivity contribution is 6.30. The smallest absolute Gasteiger partial charge is 0.272 e. The highest BCUT2D eigenvalue weighted by atomic mass is 35.5. The van der Waals surface area contributed by atoms with Crippen molar-refractivity contribution in [3.05, 3.63) is 70.2 Å². The number of piperidine rings is 1. The van der Waals surface area contributed by atoms with Gasteiger partial charge < -0.3 is 9.32 Å². The number of aryl methyl sites for hydroxylation is 1. The van der Waals surface area contributed by atoms with Gasteiger partial charge in [-0.25, -0.2) is 4.98 Å². The van der Waals surface area contributed by atoms with Crippen molar-refractivity contribution in [1.29, 1.82) is 0 Å². The van der Waals surface area contributed by atoms with Crippen molar-refractivity contribution in [3.8, 4) is 0 Å². The van der Waals surface area contributed by atoms with E-state index in [1.54, 1.807) is 10.9 Å². The Hall–Kier alpha value is -2.60. The second-order valence-corrected chi connectivity index (χ2v) is 8.65. The lowest BCUT2D eigenvalue weighted by Crippen LogP contribution is -2.39. The Morgan fingerprint density at radius 2 is 2.13 bits per heavy atom. The van der Waals surface area contributed by atoms with Gasteiger partial charge in [-0.2, -0.15) is 5.10 Å². The standard InChI is InChI=1S/C23H27ClN4O2/c1-15(2)19-13-21(27(3)26-19)23(29)28-10-5-4-9-20(28)22-25-14-18(30-22)12-16-7-6-8-17(24)11-16/h6-8,11,13-15,20H,4-5,9-10,12H2,1-3H3/t20-/m1/s1. The van der Waals surface area contributed by atoms with Crippen LogP contribution in [0.2, 0.25) is 5.02 Å². The van der Waals surface area contributed by atoms with E-state index in [0.717, 1.165) is 36.3 Å². The summed E-state index contributed by atoms with van der Waals surface area (Å²) in [6.07, 6.45) is 5.25. The van der Waals surface area contributed by atoms with Crippen LogP contribution in [0.5, 0.6) is 0 Å². The van der Waals surface area contributed by atoms with Gasteiger partial charge in [-0.15, -0.1) is 0 Å². The molecule has 4 rings (SSSR count). The zero-order chi connectivity index (χ0) is 21.3. The van der Waals surface area contributed by atoms with Crippen molar-refractivity contribution in [2.45, 2.75) is 51.5 Å². The van der Waals surface area contributed by atoms with E-state index < -0.39 is 0 Å². The molecule has 7 heteroatoms. The van der Waals surface area contributed by atoms with Crippen molar-refractivity contribution >= 4 is 17.5 Å². The van der Waals surface area contributed by atoms with Crippen LogP contribution < -0.4 is 0 Å². The molecule has 0 unspecified atom stereocenters. The molecule has 158 valence electrons. The summed E-state index contributed by atoms with van der Waals surface area (Å²) >= 11 is 6.09. The number of benzene rings is 1. The van der Waals surface area contributed by atoms with Gasteiger partial charge in [-0.05, 0) is 48.9 Å². The Morgan fingerprint density at radius 3 is 2.87 bits per heavy atom. The second-order valence-electron chi connectivity index (χ2n) is 8.21. The molecule has 0 saturated carbocycles. The maximum Gasteiger partial charge on any atom is 0.272 e. The molecule has 0 spiro atoms. The topological polar surface area (TPSA) is 64.2 Å². The minimum atomic E-state index is -0.156. The zero-order valence-corrected chi connectivity index (χ0v) is 18.4. The molecule has 30 heavy (non-hydrogen) atoms. The number of rotatable bonds is 5. The monoisotopic (exact) mass is 426 g/mol. The first-order chi connectivity index (χ1) is 14.4. The van der Waals surface area contributed by atoms with Crippen LogP contribution in [0.4, 0.5) is 0 Å². The number of oxazole rings is 1. The van der Waals surface area contributed by atoms with Gasteiger partial charge in [0.1, 0.15) is 17.5 Å². The predicted molar refractivity (Wildman–Crippen MR) is 116 cm³/mol. The number of aromatic nitrogens is 3. The summed E-state index contributed by atoms with van der Waals surface area (Å²) in [6.45, 7) is 4.85. The quantitative estimate of drug-likeness (QED) is 0.566. The zero-order valence-electron chi connectivity index (χ0n) is 17.6. The number of amides is 1. The van der Waals surface area contributed by atoms with Crippen LogP contribution in [0.3, 0.4) is 0 Å². The lowest BCUT2D eigenvalue weighted by molar-refractivity contribution is 0.0558. The fraction of sp³-hybridized carbons (Fsp3) is 0.435. The molecule has 1 aromatic carbocycles. The van der Waals surface area contributed by atoms with Crippen molar-refractivity contribution < 1.29 is 9.21 Å². The van der Waals surface area contributed by atoms with Crippen LogP contribution in [0.25, 0.3) is 0 Å². The van der Waals surface area contributed by atoms with Gasteiger partial charge in [0.15, 0.2) is 0 Å². The molecule has 2 aromatic heterocycles. The molecule has 1 amide bonds. The largest absolute Gasteiger partial charge is 0.443 e. The highest BCUT2D eigenvalue weighted by Crippen LogP contribution is 2.32. The van der Waals surface area contributed by atoms with Gasteiger partial charge >= 0.3 is 0 Å². The van der Waals surface area contributed by atoms with Crippen LogP contribution in [0.15, 0.2) is 40.9 Å².